The quantitative estimate of drug-likeness (QED) is 0.721. The lowest BCUT2D eigenvalue weighted by atomic mass is 9.78. The zero-order chi connectivity index (χ0) is 15.0. The van der Waals surface area contributed by atoms with E-state index >= 15 is 0 Å². The van der Waals surface area contributed by atoms with Gasteiger partial charge in [0.1, 0.15) is 0 Å². The third-order valence-electron chi connectivity index (χ3n) is 4.58. The van der Waals surface area contributed by atoms with Gasteiger partial charge < -0.3 is 0 Å². The van der Waals surface area contributed by atoms with Crippen molar-refractivity contribution in [3.05, 3.63) is 33.8 Å². The second kappa shape index (κ2) is 5.98. The van der Waals surface area contributed by atoms with Gasteiger partial charge in [0.2, 0.25) is 5.91 Å². The van der Waals surface area contributed by atoms with Gasteiger partial charge in [-0.2, -0.15) is 0 Å². The largest absolute Gasteiger partial charge is 0.275 e. The van der Waals surface area contributed by atoms with Gasteiger partial charge in [0, 0.05) is 18.0 Å². The van der Waals surface area contributed by atoms with E-state index in [9.17, 15) is 9.59 Å². The van der Waals surface area contributed by atoms with Crippen molar-refractivity contribution in [3.8, 4) is 0 Å². The van der Waals surface area contributed by atoms with Crippen LogP contribution in [-0.2, 0) is 4.79 Å². The van der Waals surface area contributed by atoms with Crippen molar-refractivity contribution in [2.75, 3.05) is 0 Å². The average Bonchev–Trinajstić information content (AvgIpc) is 2.49. The number of benzene rings is 1. The molecule has 1 saturated carbocycles. The minimum absolute atomic E-state index is 0.0574. The highest BCUT2D eigenvalue weighted by atomic mass is 35.5. The van der Waals surface area contributed by atoms with Crippen molar-refractivity contribution in [3.63, 3.8) is 0 Å². The number of hydrogen-bond donors (Lipinski definition) is 0. The number of rotatable bonds is 1. The first-order valence-electron chi connectivity index (χ1n) is 7.39. The van der Waals surface area contributed by atoms with Crippen LogP contribution in [0, 0.1) is 5.92 Å². The zero-order valence-corrected chi connectivity index (χ0v) is 13.2. The molecule has 2 fully saturated rings. The normalized spacial score (nSPS) is 25.6. The highest BCUT2D eigenvalue weighted by molar-refractivity contribution is 6.42. The van der Waals surface area contributed by atoms with E-state index in [-0.39, 0.29) is 17.9 Å². The SMILES string of the molecule is O=C1CCC2CCCCC2N1C(=O)c1ccc(Cl)c(Cl)c1. The summed E-state index contributed by atoms with van der Waals surface area (Å²) in [5.74, 6) is 0.160. The maximum atomic E-state index is 12.7. The van der Waals surface area contributed by atoms with Crippen molar-refractivity contribution < 1.29 is 9.59 Å². The number of halogens is 2. The van der Waals surface area contributed by atoms with Crippen LogP contribution < -0.4 is 0 Å². The van der Waals surface area contributed by atoms with Crippen molar-refractivity contribution in [1.29, 1.82) is 0 Å². The lowest BCUT2D eigenvalue weighted by Crippen LogP contribution is -2.52. The van der Waals surface area contributed by atoms with Crippen LogP contribution in [-0.4, -0.2) is 22.8 Å². The van der Waals surface area contributed by atoms with E-state index in [1.165, 1.54) is 11.3 Å². The number of amides is 2. The number of nitrogens with zero attached hydrogens (tertiary/aromatic N) is 1. The Hall–Kier alpha value is -1.06. The molecule has 21 heavy (non-hydrogen) atoms. The van der Waals surface area contributed by atoms with Crippen LogP contribution >= 0.6 is 23.2 Å². The molecule has 0 spiro atoms. The second-order valence-corrected chi connectivity index (χ2v) is 6.66. The Labute approximate surface area is 134 Å². The maximum absolute atomic E-state index is 12.7. The summed E-state index contributed by atoms with van der Waals surface area (Å²) in [6.45, 7) is 0. The van der Waals surface area contributed by atoms with Crippen molar-refractivity contribution in [2.45, 2.75) is 44.6 Å². The van der Waals surface area contributed by atoms with Gasteiger partial charge in [-0.25, -0.2) is 0 Å². The highest BCUT2D eigenvalue weighted by Crippen LogP contribution is 2.36. The molecular weight excluding hydrogens is 309 g/mol. The van der Waals surface area contributed by atoms with Crippen LogP contribution in [0.4, 0.5) is 0 Å². The molecule has 0 bridgehead atoms. The fraction of sp³-hybridized carbons (Fsp3) is 0.500. The van der Waals surface area contributed by atoms with Crippen molar-refractivity contribution >= 4 is 35.0 Å². The number of hydrogen-bond acceptors (Lipinski definition) is 2. The topological polar surface area (TPSA) is 37.4 Å². The van der Waals surface area contributed by atoms with Gasteiger partial charge >= 0.3 is 0 Å². The van der Waals surface area contributed by atoms with Gasteiger partial charge in [0.05, 0.1) is 10.0 Å². The summed E-state index contributed by atoms with van der Waals surface area (Å²) in [6, 6.07) is 4.84. The summed E-state index contributed by atoms with van der Waals surface area (Å²) in [5, 5.41) is 0.751. The molecule has 5 heteroatoms. The molecule has 3 rings (SSSR count). The molecule has 112 valence electrons. The summed E-state index contributed by atoms with van der Waals surface area (Å²) < 4.78 is 0. The Bertz CT molecular complexity index is 588. The molecule has 2 unspecified atom stereocenters. The van der Waals surface area contributed by atoms with Gasteiger partial charge in [-0.1, -0.05) is 36.0 Å². The molecule has 1 aromatic carbocycles. The number of carbonyl (C=O) groups excluding carboxylic acids is 2. The monoisotopic (exact) mass is 325 g/mol. The number of fused-ring (bicyclic) bond motifs is 1. The molecule has 1 heterocycles. The van der Waals surface area contributed by atoms with E-state index in [4.69, 9.17) is 23.2 Å². The lowest BCUT2D eigenvalue weighted by molar-refractivity contribution is -0.135. The molecule has 1 aliphatic carbocycles. The summed E-state index contributed by atoms with van der Waals surface area (Å²) in [4.78, 5) is 26.5. The maximum Gasteiger partial charge on any atom is 0.260 e. The molecule has 0 radical (unpaired) electrons. The lowest BCUT2D eigenvalue weighted by Gasteiger charge is -2.42. The first kappa shape index (κ1) is 14.9. The molecule has 0 N–H and O–H groups in total. The van der Waals surface area contributed by atoms with Gasteiger partial charge in [0.25, 0.3) is 5.91 Å². The second-order valence-electron chi connectivity index (χ2n) is 5.85. The van der Waals surface area contributed by atoms with Crippen LogP contribution in [0.5, 0.6) is 0 Å². The van der Waals surface area contributed by atoms with Gasteiger partial charge in [0.15, 0.2) is 0 Å². The summed E-state index contributed by atoms with van der Waals surface area (Å²) >= 11 is 11.9. The first-order valence-corrected chi connectivity index (χ1v) is 8.15. The minimum atomic E-state index is -0.241. The number of imide groups is 1. The van der Waals surface area contributed by atoms with Gasteiger partial charge in [-0.3, -0.25) is 14.5 Å². The summed E-state index contributed by atoms with van der Waals surface area (Å²) in [5.41, 5.74) is 0.434. The number of piperidine rings is 1. The fourth-order valence-electron chi connectivity index (χ4n) is 3.51. The first-order chi connectivity index (χ1) is 10.1. The standard InChI is InChI=1S/C16H17Cl2NO2/c17-12-7-5-11(9-13(12)18)16(21)19-14-4-2-1-3-10(14)6-8-15(19)20/h5,7,9-10,14H,1-4,6,8H2. The van der Waals surface area contributed by atoms with E-state index in [1.54, 1.807) is 18.2 Å². The van der Waals surface area contributed by atoms with Crippen LogP contribution in [0.3, 0.4) is 0 Å². The Morgan fingerprint density at radius 3 is 2.62 bits per heavy atom. The van der Waals surface area contributed by atoms with Crippen LogP contribution in [0.1, 0.15) is 48.9 Å². The zero-order valence-electron chi connectivity index (χ0n) is 11.6. The predicted molar refractivity (Wildman–Crippen MR) is 82.6 cm³/mol. The van der Waals surface area contributed by atoms with Crippen LogP contribution in [0.15, 0.2) is 18.2 Å². The fourth-order valence-corrected chi connectivity index (χ4v) is 3.81. The third-order valence-corrected chi connectivity index (χ3v) is 5.32. The summed E-state index contributed by atoms with van der Waals surface area (Å²) in [6.07, 6.45) is 5.69. The third kappa shape index (κ3) is 2.82. The Morgan fingerprint density at radius 2 is 1.86 bits per heavy atom. The Kier molecular flexibility index (Phi) is 4.23. The molecule has 1 aromatic rings. The van der Waals surface area contributed by atoms with Gasteiger partial charge in [-0.15, -0.1) is 0 Å². The Morgan fingerprint density at radius 1 is 1.10 bits per heavy atom. The highest BCUT2D eigenvalue weighted by Gasteiger charge is 2.40. The molecule has 2 amide bonds. The molecule has 3 nitrogen and oxygen atoms in total. The van der Waals surface area contributed by atoms with Crippen molar-refractivity contribution in [2.24, 2.45) is 5.92 Å². The molecule has 2 atom stereocenters. The van der Waals surface area contributed by atoms with Crippen LogP contribution in [0.25, 0.3) is 0 Å². The molecule has 1 aliphatic heterocycles. The minimum Gasteiger partial charge on any atom is -0.275 e. The van der Waals surface area contributed by atoms with Gasteiger partial charge in [-0.05, 0) is 43.4 Å². The van der Waals surface area contributed by atoms with E-state index in [2.05, 4.69) is 0 Å². The number of likely N-dealkylation sites (tertiary alicyclic amines) is 1. The smallest absolute Gasteiger partial charge is 0.260 e. The average molecular weight is 326 g/mol. The predicted octanol–water partition coefficient (Wildman–Crippen LogP) is 4.31. The molecule has 2 aliphatic rings. The van der Waals surface area contributed by atoms with E-state index < -0.39 is 0 Å². The number of carbonyl (C=O) groups is 2. The van der Waals surface area contributed by atoms with E-state index in [0.717, 1.165) is 25.7 Å². The van der Waals surface area contributed by atoms with E-state index in [0.29, 0.717) is 27.9 Å². The van der Waals surface area contributed by atoms with Crippen LogP contribution in [0.2, 0.25) is 10.0 Å². The summed E-state index contributed by atoms with van der Waals surface area (Å²) in [7, 11) is 0. The van der Waals surface area contributed by atoms with Crippen molar-refractivity contribution in [1.82, 2.24) is 4.90 Å². The molecular formula is C16H17Cl2NO2. The molecule has 1 saturated heterocycles. The van der Waals surface area contributed by atoms with E-state index in [1.807, 2.05) is 0 Å². The Balaban J connectivity index is 1.90. The molecule has 0 aromatic heterocycles.